The third-order valence-electron chi connectivity index (χ3n) is 3.42. The van der Waals surface area contributed by atoms with Crippen LogP contribution in [0, 0.1) is 5.92 Å². The highest BCUT2D eigenvalue weighted by atomic mass is 79.9. The maximum Gasteiger partial charge on any atom is 0.0508 e. The van der Waals surface area contributed by atoms with Gasteiger partial charge in [0.2, 0.25) is 0 Å². The van der Waals surface area contributed by atoms with Crippen LogP contribution in [-0.2, 0) is 4.74 Å². The van der Waals surface area contributed by atoms with Crippen molar-refractivity contribution in [2.75, 3.05) is 13.2 Å². The molecule has 90 valence electrons. The van der Waals surface area contributed by atoms with E-state index in [1.165, 1.54) is 28.5 Å². The molecule has 2 unspecified atom stereocenters. The number of alkyl halides is 1. The predicted molar refractivity (Wildman–Crippen MR) is 77.0 cm³/mol. The SMILES string of the molecule is BrC(c1csc2ccccc12)C1CCCOC1. The monoisotopic (exact) mass is 310 g/mol. The summed E-state index contributed by atoms with van der Waals surface area (Å²) in [5.41, 5.74) is 1.43. The summed E-state index contributed by atoms with van der Waals surface area (Å²) >= 11 is 5.71. The van der Waals surface area contributed by atoms with Gasteiger partial charge < -0.3 is 4.74 Å². The maximum atomic E-state index is 5.59. The number of ether oxygens (including phenoxy) is 1. The summed E-state index contributed by atoms with van der Waals surface area (Å²) < 4.78 is 6.97. The summed E-state index contributed by atoms with van der Waals surface area (Å²) in [7, 11) is 0. The molecule has 1 saturated heterocycles. The lowest BCUT2D eigenvalue weighted by atomic mass is 9.94. The molecular formula is C14H15BrOS. The maximum absolute atomic E-state index is 5.59. The summed E-state index contributed by atoms with van der Waals surface area (Å²) in [5, 5.41) is 3.68. The van der Waals surface area contributed by atoms with Gasteiger partial charge in [0, 0.05) is 16.1 Å². The van der Waals surface area contributed by atoms with Crippen LogP contribution in [0.2, 0.25) is 0 Å². The molecular weight excluding hydrogens is 296 g/mol. The fraction of sp³-hybridized carbons (Fsp3) is 0.429. The number of benzene rings is 1. The minimum Gasteiger partial charge on any atom is -0.381 e. The van der Waals surface area contributed by atoms with E-state index < -0.39 is 0 Å². The van der Waals surface area contributed by atoms with Crippen LogP contribution in [0.25, 0.3) is 10.1 Å². The topological polar surface area (TPSA) is 9.23 Å². The average molecular weight is 311 g/mol. The van der Waals surface area contributed by atoms with Crippen LogP contribution < -0.4 is 0 Å². The first-order valence-electron chi connectivity index (χ1n) is 6.04. The third kappa shape index (κ3) is 2.28. The van der Waals surface area contributed by atoms with Crippen LogP contribution >= 0.6 is 27.3 Å². The lowest BCUT2D eigenvalue weighted by molar-refractivity contribution is 0.0547. The van der Waals surface area contributed by atoms with Gasteiger partial charge in [0.1, 0.15) is 0 Å². The molecule has 0 bridgehead atoms. The van der Waals surface area contributed by atoms with Crippen LogP contribution in [0.4, 0.5) is 0 Å². The van der Waals surface area contributed by atoms with E-state index in [4.69, 9.17) is 4.74 Å². The van der Waals surface area contributed by atoms with Gasteiger partial charge in [-0.2, -0.15) is 0 Å². The Kier molecular flexibility index (Phi) is 3.50. The molecule has 2 atom stereocenters. The number of hydrogen-bond acceptors (Lipinski definition) is 2. The number of halogens is 1. The zero-order valence-corrected chi connectivity index (χ0v) is 12.0. The number of hydrogen-bond donors (Lipinski definition) is 0. The van der Waals surface area contributed by atoms with E-state index in [0.717, 1.165) is 13.2 Å². The fourth-order valence-corrected chi connectivity index (χ4v) is 4.43. The molecule has 1 aromatic heterocycles. The van der Waals surface area contributed by atoms with Crippen molar-refractivity contribution in [3.8, 4) is 0 Å². The Balaban J connectivity index is 1.92. The van der Waals surface area contributed by atoms with Crippen molar-refractivity contribution in [1.82, 2.24) is 0 Å². The number of rotatable bonds is 2. The van der Waals surface area contributed by atoms with E-state index in [0.29, 0.717) is 10.7 Å². The minimum atomic E-state index is 0.430. The first-order chi connectivity index (χ1) is 8.36. The zero-order chi connectivity index (χ0) is 11.7. The summed E-state index contributed by atoms with van der Waals surface area (Å²) in [4.78, 5) is 0.430. The van der Waals surface area contributed by atoms with Crippen LogP contribution in [0.1, 0.15) is 23.2 Å². The van der Waals surface area contributed by atoms with Crippen molar-refractivity contribution >= 4 is 37.4 Å². The Labute approximate surface area is 114 Å². The highest BCUT2D eigenvalue weighted by Gasteiger charge is 2.25. The van der Waals surface area contributed by atoms with Crippen LogP contribution in [0.3, 0.4) is 0 Å². The molecule has 0 amide bonds. The molecule has 0 spiro atoms. The first-order valence-corrected chi connectivity index (χ1v) is 7.84. The van der Waals surface area contributed by atoms with E-state index >= 15 is 0 Å². The Morgan fingerprint density at radius 1 is 1.35 bits per heavy atom. The average Bonchev–Trinajstić information content (AvgIpc) is 2.83. The largest absolute Gasteiger partial charge is 0.381 e. The van der Waals surface area contributed by atoms with Gasteiger partial charge in [-0.3, -0.25) is 0 Å². The number of thiophene rings is 1. The van der Waals surface area contributed by atoms with Gasteiger partial charge in [-0.1, -0.05) is 34.1 Å². The van der Waals surface area contributed by atoms with E-state index in [1.807, 2.05) is 11.3 Å². The molecule has 17 heavy (non-hydrogen) atoms. The van der Waals surface area contributed by atoms with Gasteiger partial charge >= 0.3 is 0 Å². The normalized spacial score (nSPS) is 22.8. The van der Waals surface area contributed by atoms with E-state index in [9.17, 15) is 0 Å². The lowest BCUT2D eigenvalue weighted by Gasteiger charge is -2.26. The summed E-state index contributed by atoms with van der Waals surface area (Å²) in [6.45, 7) is 1.82. The molecule has 0 N–H and O–H groups in total. The smallest absolute Gasteiger partial charge is 0.0508 e. The Bertz CT molecular complexity index is 502. The number of fused-ring (bicyclic) bond motifs is 1. The first kappa shape index (κ1) is 11.7. The molecule has 1 fully saturated rings. The molecule has 0 radical (unpaired) electrons. The van der Waals surface area contributed by atoms with Crippen molar-refractivity contribution in [2.45, 2.75) is 17.7 Å². The Morgan fingerprint density at radius 3 is 3.06 bits per heavy atom. The molecule has 1 aliphatic rings. The molecule has 1 nitrogen and oxygen atoms in total. The second-order valence-corrected chi connectivity index (χ2v) is 6.46. The van der Waals surface area contributed by atoms with E-state index in [1.54, 1.807) is 0 Å². The van der Waals surface area contributed by atoms with E-state index in [2.05, 4.69) is 45.6 Å². The Hall–Kier alpha value is -0.380. The van der Waals surface area contributed by atoms with Gasteiger partial charge in [0.15, 0.2) is 0 Å². The summed E-state index contributed by atoms with van der Waals surface area (Å²) in [6.07, 6.45) is 2.45. The Morgan fingerprint density at radius 2 is 2.24 bits per heavy atom. The molecule has 2 heterocycles. The van der Waals surface area contributed by atoms with Gasteiger partial charge in [0.05, 0.1) is 6.61 Å². The molecule has 0 aliphatic carbocycles. The van der Waals surface area contributed by atoms with Gasteiger partial charge in [0.25, 0.3) is 0 Å². The molecule has 1 aliphatic heterocycles. The standard InChI is InChI=1S/C14H15BrOS/c15-14(10-4-3-7-16-8-10)12-9-17-13-6-2-1-5-11(12)13/h1-2,5-6,9-10,14H,3-4,7-8H2. The van der Waals surface area contributed by atoms with Crippen LogP contribution in [0.5, 0.6) is 0 Å². The molecule has 2 aromatic rings. The molecule has 3 heteroatoms. The van der Waals surface area contributed by atoms with Crippen LogP contribution in [-0.4, -0.2) is 13.2 Å². The van der Waals surface area contributed by atoms with Gasteiger partial charge in [-0.05, 0) is 41.2 Å². The van der Waals surface area contributed by atoms with Crippen molar-refractivity contribution in [3.63, 3.8) is 0 Å². The second kappa shape index (κ2) is 5.09. The minimum absolute atomic E-state index is 0.430. The van der Waals surface area contributed by atoms with Gasteiger partial charge in [-0.15, -0.1) is 11.3 Å². The quantitative estimate of drug-likeness (QED) is 0.726. The van der Waals surface area contributed by atoms with E-state index in [-0.39, 0.29) is 0 Å². The van der Waals surface area contributed by atoms with Crippen LogP contribution in [0.15, 0.2) is 29.6 Å². The highest BCUT2D eigenvalue weighted by Crippen LogP contribution is 2.41. The van der Waals surface area contributed by atoms with Crippen molar-refractivity contribution < 1.29 is 4.74 Å². The van der Waals surface area contributed by atoms with Crippen molar-refractivity contribution in [1.29, 1.82) is 0 Å². The van der Waals surface area contributed by atoms with Crippen molar-refractivity contribution in [2.24, 2.45) is 5.92 Å². The van der Waals surface area contributed by atoms with Gasteiger partial charge in [-0.25, -0.2) is 0 Å². The summed E-state index contributed by atoms with van der Waals surface area (Å²) in [6, 6.07) is 8.64. The molecule has 3 rings (SSSR count). The summed E-state index contributed by atoms with van der Waals surface area (Å²) in [5.74, 6) is 0.613. The fourth-order valence-electron chi connectivity index (χ4n) is 2.46. The molecule has 0 saturated carbocycles. The lowest BCUT2D eigenvalue weighted by Crippen LogP contribution is -2.20. The third-order valence-corrected chi connectivity index (χ3v) is 5.64. The highest BCUT2D eigenvalue weighted by molar-refractivity contribution is 9.09. The zero-order valence-electron chi connectivity index (χ0n) is 9.56. The van der Waals surface area contributed by atoms with Crippen molar-refractivity contribution in [3.05, 3.63) is 35.2 Å². The predicted octanol–water partition coefficient (Wildman–Crippen LogP) is 4.76. The molecule has 1 aromatic carbocycles. The second-order valence-electron chi connectivity index (χ2n) is 4.57.